The van der Waals surface area contributed by atoms with Crippen LogP contribution in [0.1, 0.15) is 35.7 Å². The van der Waals surface area contributed by atoms with Crippen molar-refractivity contribution in [2.75, 3.05) is 0 Å². The quantitative estimate of drug-likeness (QED) is 0.673. The van der Waals surface area contributed by atoms with E-state index in [0.717, 1.165) is 6.07 Å². The molecular weight excluding hydrogens is 308 g/mol. The lowest BCUT2D eigenvalue weighted by molar-refractivity contribution is -0.124. The molecule has 0 saturated heterocycles. The van der Waals surface area contributed by atoms with Crippen LogP contribution in [0.15, 0.2) is 12.1 Å². The van der Waals surface area contributed by atoms with Crippen molar-refractivity contribution in [2.45, 2.75) is 32.1 Å². The Balaban J connectivity index is 2.15. The van der Waals surface area contributed by atoms with Crippen LogP contribution in [0.2, 0.25) is 0 Å². The molecule has 0 spiro atoms. The summed E-state index contributed by atoms with van der Waals surface area (Å²) in [6.07, 6.45) is 0.151. The Labute approximate surface area is 131 Å². The normalized spacial score (nSPS) is 16.3. The summed E-state index contributed by atoms with van der Waals surface area (Å²) in [5.41, 5.74) is -0.283. The van der Waals surface area contributed by atoms with Gasteiger partial charge < -0.3 is 24.9 Å². The summed E-state index contributed by atoms with van der Waals surface area (Å²) in [6, 6.07) is 2.34. The summed E-state index contributed by atoms with van der Waals surface area (Å²) in [6.45, 7) is 1.37. The van der Waals surface area contributed by atoms with Crippen LogP contribution in [0.5, 0.6) is 5.75 Å². The lowest BCUT2D eigenvalue weighted by Crippen LogP contribution is -2.53. The number of halogens is 1. The third-order valence-electron chi connectivity index (χ3n) is 3.48. The summed E-state index contributed by atoms with van der Waals surface area (Å²) < 4.78 is 18.7. The number of Topliss-reactive ketones (excluding diaryl/α,β-unsaturated/α-hetero) is 1. The summed E-state index contributed by atoms with van der Waals surface area (Å²) in [4.78, 5) is 33.7. The minimum absolute atomic E-state index is 0.0186. The minimum atomic E-state index is -1.51. The molecule has 1 heterocycles. The van der Waals surface area contributed by atoms with Crippen molar-refractivity contribution >= 4 is 24.8 Å². The van der Waals surface area contributed by atoms with E-state index in [4.69, 9.17) is 9.76 Å². The highest BCUT2D eigenvalue weighted by Crippen LogP contribution is 2.32. The van der Waals surface area contributed by atoms with Crippen molar-refractivity contribution in [3.63, 3.8) is 0 Å². The van der Waals surface area contributed by atoms with Gasteiger partial charge in [0.1, 0.15) is 22.9 Å². The van der Waals surface area contributed by atoms with Gasteiger partial charge in [-0.3, -0.25) is 4.79 Å². The van der Waals surface area contributed by atoms with E-state index in [1.807, 2.05) is 0 Å². The molecule has 1 aliphatic heterocycles. The summed E-state index contributed by atoms with van der Waals surface area (Å²) in [5.74, 6) is -4.08. The molecule has 1 aliphatic rings. The largest absolute Gasteiger partial charge is 0.547 e. The molecule has 0 bridgehead atoms. The fourth-order valence-corrected chi connectivity index (χ4v) is 2.33. The number of hydrogen-bond donors (Lipinski definition) is 3. The van der Waals surface area contributed by atoms with Crippen LogP contribution in [-0.2, 0) is 16.0 Å². The van der Waals surface area contributed by atoms with Crippen molar-refractivity contribution in [1.82, 2.24) is 5.32 Å². The Morgan fingerprint density at radius 3 is 2.70 bits per heavy atom. The Morgan fingerprint density at radius 1 is 1.39 bits per heavy atom. The van der Waals surface area contributed by atoms with Gasteiger partial charge in [0.2, 0.25) is 5.91 Å². The van der Waals surface area contributed by atoms with Gasteiger partial charge >= 0.3 is 13.1 Å². The second kappa shape index (κ2) is 6.78. The number of carboxylic acids is 1. The van der Waals surface area contributed by atoms with E-state index in [1.54, 1.807) is 0 Å². The predicted octanol–water partition coefficient (Wildman–Crippen LogP) is 0.332. The maximum absolute atomic E-state index is 13.6. The molecule has 0 fully saturated rings. The number of benzene rings is 1. The molecule has 2 rings (SSSR count). The highest BCUT2D eigenvalue weighted by atomic mass is 19.1. The molecular formula is C14H15BFNO6. The molecule has 23 heavy (non-hydrogen) atoms. The first-order valence-electron chi connectivity index (χ1n) is 6.97. The monoisotopic (exact) mass is 323 g/mol. The third kappa shape index (κ3) is 3.86. The topological polar surface area (TPSA) is 113 Å². The summed E-state index contributed by atoms with van der Waals surface area (Å²) in [5, 5.41) is 21.5. The summed E-state index contributed by atoms with van der Waals surface area (Å²) in [7, 11) is -1.51. The van der Waals surface area contributed by atoms with Crippen LogP contribution in [0.3, 0.4) is 0 Å². The van der Waals surface area contributed by atoms with Gasteiger partial charge in [-0.25, -0.2) is 9.18 Å². The first-order chi connectivity index (χ1) is 10.8. The van der Waals surface area contributed by atoms with Crippen molar-refractivity contribution in [3.8, 4) is 5.75 Å². The number of rotatable bonds is 5. The number of carboxylic acid groups (broad SMARTS) is 1. The highest BCUT2D eigenvalue weighted by molar-refractivity contribution is 6.47. The van der Waals surface area contributed by atoms with Crippen LogP contribution < -0.4 is 9.97 Å². The van der Waals surface area contributed by atoms with Crippen LogP contribution in [0, 0.1) is 5.82 Å². The molecule has 0 radical (unpaired) electrons. The maximum atomic E-state index is 13.6. The van der Waals surface area contributed by atoms with Gasteiger partial charge in [-0.05, 0) is 25.0 Å². The lowest BCUT2D eigenvalue weighted by atomic mass is 9.72. The molecule has 122 valence electrons. The number of carbonyl (C=O) groups is 3. The first-order valence-corrected chi connectivity index (χ1v) is 6.97. The molecule has 1 aromatic rings. The molecule has 7 nitrogen and oxygen atoms in total. The zero-order valence-electron chi connectivity index (χ0n) is 12.3. The molecule has 1 atom stereocenters. The van der Waals surface area contributed by atoms with E-state index >= 15 is 0 Å². The molecule has 3 N–H and O–H groups in total. The van der Waals surface area contributed by atoms with Crippen LogP contribution in [-0.4, -0.2) is 40.8 Å². The smallest absolute Gasteiger partial charge is 0.534 e. The SMILES string of the molecule is CC(=O)CCC(=O)NC1Cc2ccc(F)c(C(=O)O)c2OB1O. The molecule has 1 unspecified atom stereocenters. The molecule has 0 saturated carbocycles. The summed E-state index contributed by atoms with van der Waals surface area (Å²) >= 11 is 0. The number of fused-ring (bicyclic) bond motifs is 1. The van der Waals surface area contributed by atoms with Gasteiger partial charge in [0, 0.05) is 12.8 Å². The standard InChI is InChI=1S/C14H15BFNO6/c1-7(18)2-5-11(19)17-10-6-8-3-4-9(16)12(14(20)21)13(8)23-15(10)22/h3-4,10,22H,2,5-6H2,1H3,(H,17,19)(H,20,21). The number of aromatic carboxylic acids is 1. The van der Waals surface area contributed by atoms with E-state index < -0.39 is 36.3 Å². The Kier molecular flexibility index (Phi) is 5.00. The van der Waals surface area contributed by atoms with Crippen molar-refractivity contribution < 1.29 is 33.6 Å². The Bertz CT molecular complexity index is 665. The molecule has 9 heteroatoms. The second-order valence-corrected chi connectivity index (χ2v) is 5.30. The van der Waals surface area contributed by atoms with E-state index in [9.17, 15) is 23.8 Å². The Morgan fingerprint density at radius 2 is 2.09 bits per heavy atom. The minimum Gasteiger partial charge on any atom is -0.534 e. The van der Waals surface area contributed by atoms with E-state index in [2.05, 4.69) is 5.32 Å². The van der Waals surface area contributed by atoms with Crippen molar-refractivity contribution in [2.24, 2.45) is 0 Å². The lowest BCUT2D eigenvalue weighted by Gasteiger charge is -2.29. The van der Waals surface area contributed by atoms with E-state index in [1.165, 1.54) is 13.0 Å². The van der Waals surface area contributed by atoms with Gasteiger partial charge in [-0.1, -0.05) is 6.07 Å². The zero-order chi connectivity index (χ0) is 17.1. The average Bonchev–Trinajstić information content (AvgIpc) is 2.45. The number of ketones is 1. The fourth-order valence-electron chi connectivity index (χ4n) is 2.33. The number of carbonyl (C=O) groups excluding carboxylic acids is 2. The van der Waals surface area contributed by atoms with Gasteiger partial charge in [0.05, 0.1) is 5.94 Å². The van der Waals surface area contributed by atoms with Crippen LogP contribution >= 0.6 is 0 Å². The van der Waals surface area contributed by atoms with E-state index in [-0.39, 0.29) is 30.8 Å². The number of nitrogens with one attached hydrogen (secondary N) is 1. The predicted molar refractivity (Wildman–Crippen MR) is 77.5 cm³/mol. The van der Waals surface area contributed by atoms with Gasteiger partial charge in [0.25, 0.3) is 0 Å². The zero-order valence-corrected chi connectivity index (χ0v) is 12.3. The third-order valence-corrected chi connectivity index (χ3v) is 3.48. The number of amides is 1. The highest BCUT2D eigenvalue weighted by Gasteiger charge is 2.38. The molecule has 1 aromatic carbocycles. The molecule has 0 aliphatic carbocycles. The van der Waals surface area contributed by atoms with Crippen LogP contribution in [0.25, 0.3) is 0 Å². The van der Waals surface area contributed by atoms with Crippen molar-refractivity contribution in [1.29, 1.82) is 0 Å². The van der Waals surface area contributed by atoms with Gasteiger partial charge in [0.15, 0.2) is 0 Å². The Hall–Kier alpha value is -2.42. The average molecular weight is 323 g/mol. The number of hydrogen-bond acceptors (Lipinski definition) is 5. The second-order valence-electron chi connectivity index (χ2n) is 5.30. The van der Waals surface area contributed by atoms with Gasteiger partial charge in [-0.2, -0.15) is 0 Å². The van der Waals surface area contributed by atoms with Crippen molar-refractivity contribution in [3.05, 3.63) is 29.1 Å². The first kappa shape index (κ1) is 16.9. The van der Waals surface area contributed by atoms with E-state index in [0.29, 0.717) is 5.56 Å². The fraction of sp³-hybridized carbons (Fsp3) is 0.357. The van der Waals surface area contributed by atoms with Gasteiger partial charge in [-0.15, -0.1) is 0 Å². The maximum Gasteiger partial charge on any atom is 0.547 e. The van der Waals surface area contributed by atoms with Crippen LogP contribution in [0.4, 0.5) is 4.39 Å². The molecule has 1 amide bonds. The molecule has 0 aromatic heterocycles.